The Morgan fingerprint density at radius 3 is 2.71 bits per heavy atom. The number of benzene rings is 1. The third kappa shape index (κ3) is 4.77. The highest BCUT2D eigenvalue weighted by Gasteiger charge is 2.41. The van der Waals surface area contributed by atoms with Crippen LogP contribution in [0, 0.1) is 0 Å². The average molecular weight is 470 g/mol. The van der Waals surface area contributed by atoms with Crippen molar-refractivity contribution in [1.82, 2.24) is 4.90 Å². The maximum absolute atomic E-state index is 12.6. The first kappa shape index (κ1) is 22.0. The Morgan fingerprint density at radius 1 is 1.39 bits per heavy atom. The number of hydrogen-bond acceptors (Lipinski definition) is 7. The number of hydrogen-bond donors (Lipinski definition) is 0. The lowest BCUT2D eigenvalue weighted by atomic mass is 10.1. The highest BCUT2D eigenvalue weighted by molar-refractivity contribution is 9.10. The van der Waals surface area contributed by atoms with Crippen molar-refractivity contribution in [1.29, 1.82) is 0 Å². The number of esters is 1. The maximum Gasteiger partial charge on any atom is 0.329 e. The number of amides is 2. The summed E-state index contributed by atoms with van der Waals surface area (Å²) >= 11 is 4.19. The minimum absolute atomic E-state index is 0.170. The van der Waals surface area contributed by atoms with Crippen LogP contribution < -0.4 is 9.47 Å². The van der Waals surface area contributed by atoms with E-state index in [9.17, 15) is 14.4 Å². The fraction of sp³-hybridized carbons (Fsp3) is 0.316. The molecule has 1 heterocycles. The minimum Gasteiger partial charge on any atom is -0.493 e. The summed E-state index contributed by atoms with van der Waals surface area (Å²) in [5.74, 6) is -0.206. The largest absolute Gasteiger partial charge is 0.493 e. The number of carbonyl (C=O) groups excluding carboxylic acids is 3. The Morgan fingerprint density at radius 2 is 2.11 bits per heavy atom. The van der Waals surface area contributed by atoms with Gasteiger partial charge in [0.1, 0.15) is 12.6 Å². The number of thioether (sulfide) groups is 1. The predicted octanol–water partition coefficient (Wildman–Crippen LogP) is 4.01. The Labute approximate surface area is 175 Å². The molecule has 1 atom stereocenters. The second kappa shape index (κ2) is 9.79. The Balaban J connectivity index is 2.32. The van der Waals surface area contributed by atoms with Crippen LogP contribution in [0.1, 0.15) is 19.4 Å². The van der Waals surface area contributed by atoms with E-state index >= 15 is 0 Å². The van der Waals surface area contributed by atoms with E-state index in [1.54, 1.807) is 31.2 Å². The Hall–Kier alpha value is -2.26. The SMILES string of the molecule is C=CCOc1c(Br)cc(C=C2SC(=O)N(C(C)C(=O)OCC)C2=O)cc1OC. The third-order valence-corrected chi connectivity index (χ3v) is 5.21. The number of methoxy groups -OCH3 is 1. The molecule has 1 aliphatic heterocycles. The van der Waals surface area contributed by atoms with Crippen LogP contribution >= 0.6 is 27.7 Å². The summed E-state index contributed by atoms with van der Waals surface area (Å²) < 4.78 is 16.4. The summed E-state index contributed by atoms with van der Waals surface area (Å²) in [5, 5.41) is -0.520. The van der Waals surface area contributed by atoms with E-state index in [2.05, 4.69) is 22.5 Å². The summed E-state index contributed by atoms with van der Waals surface area (Å²) in [6.45, 7) is 7.20. The first-order valence-electron chi connectivity index (χ1n) is 8.38. The number of halogens is 1. The molecule has 1 unspecified atom stereocenters. The van der Waals surface area contributed by atoms with Crippen LogP contribution in [0.2, 0.25) is 0 Å². The van der Waals surface area contributed by atoms with Crippen molar-refractivity contribution in [2.45, 2.75) is 19.9 Å². The molecule has 0 aliphatic carbocycles. The molecule has 9 heteroatoms. The van der Waals surface area contributed by atoms with Gasteiger partial charge < -0.3 is 14.2 Å². The van der Waals surface area contributed by atoms with Crippen LogP contribution in [0.3, 0.4) is 0 Å². The molecule has 7 nitrogen and oxygen atoms in total. The van der Waals surface area contributed by atoms with Gasteiger partial charge in [0.2, 0.25) is 0 Å². The van der Waals surface area contributed by atoms with Crippen molar-refractivity contribution in [3.63, 3.8) is 0 Å². The number of imide groups is 1. The molecule has 1 saturated heterocycles. The van der Waals surface area contributed by atoms with Gasteiger partial charge in [0.15, 0.2) is 11.5 Å². The van der Waals surface area contributed by atoms with Crippen molar-refractivity contribution in [3.8, 4) is 11.5 Å². The quantitative estimate of drug-likeness (QED) is 0.323. The summed E-state index contributed by atoms with van der Waals surface area (Å²) in [6, 6.07) is 2.43. The van der Waals surface area contributed by atoms with Crippen LogP contribution in [0.15, 0.2) is 34.2 Å². The molecule has 0 spiro atoms. The Kier molecular flexibility index (Phi) is 7.70. The van der Waals surface area contributed by atoms with Crippen molar-refractivity contribution in [2.75, 3.05) is 20.3 Å². The van der Waals surface area contributed by atoms with Crippen LogP contribution in [-0.2, 0) is 14.3 Å². The fourth-order valence-corrected chi connectivity index (χ4v) is 3.92. The molecule has 0 saturated carbocycles. The zero-order chi connectivity index (χ0) is 20.8. The van der Waals surface area contributed by atoms with E-state index in [4.69, 9.17) is 14.2 Å². The van der Waals surface area contributed by atoms with Gasteiger partial charge in [-0.15, -0.1) is 0 Å². The van der Waals surface area contributed by atoms with Gasteiger partial charge in [-0.3, -0.25) is 14.5 Å². The molecule has 28 heavy (non-hydrogen) atoms. The summed E-state index contributed by atoms with van der Waals surface area (Å²) in [4.78, 5) is 37.9. The van der Waals surface area contributed by atoms with E-state index in [0.717, 1.165) is 16.7 Å². The first-order chi connectivity index (χ1) is 13.3. The van der Waals surface area contributed by atoms with Crippen LogP contribution in [0.5, 0.6) is 11.5 Å². The van der Waals surface area contributed by atoms with Gasteiger partial charge >= 0.3 is 5.97 Å². The van der Waals surface area contributed by atoms with Gasteiger partial charge in [-0.25, -0.2) is 4.79 Å². The topological polar surface area (TPSA) is 82.1 Å². The monoisotopic (exact) mass is 469 g/mol. The summed E-state index contributed by atoms with van der Waals surface area (Å²) in [7, 11) is 1.50. The second-order valence-corrected chi connectivity index (χ2v) is 7.46. The molecule has 0 bridgehead atoms. The van der Waals surface area contributed by atoms with Gasteiger partial charge in [-0.1, -0.05) is 12.7 Å². The van der Waals surface area contributed by atoms with Gasteiger partial charge in [0, 0.05) is 0 Å². The molecule has 1 fully saturated rings. The van der Waals surface area contributed by atoms with E-state index in [1.165, 1.54) is 14.0 Å². The highest BCUT2D eigenvalue weighted by atomic mass is 79.9. The number of rotatable bonds is 8. The third-order valence-electron chi connectivity index (χ3n) is 3.73. The lowest BCUT2D eigenvalue weighted by molar-refractivity contribution is -0.150. The highest BCUT2D eigenvalue weighted by Crippen LogP contribution is 2.39. The molecule has 1 aliphatic rings. The molecule has 150 valence electrons. The van der Waals surface area contributed by atoms with Gasteiger partial charge in [0.05, 0.1) is 23.1 Å². The lowest BCUT2D eigenvalue weighted by Gasteiger charge is -2.19. The lowest BCUT2D eigenvalue weighted by Crippen LogP contribution is -2.42. The average Bonchev–Trinajstić information content (AvgIpc) is 2.93. The summed E-state index contributed by atoms with van der Waals surface area (Å²) in [6.07, 6.45) is 3.17. The van der Waals surface area contributed by atoms with E-state index < -0.39 is 23.2 Å². The normalized spacial score (nSPS) is 16.3. The van der Waals surface area contributed by atoms with E-state index in [-0.39, 0.29) is 11.5 Å². The van der Waals surface area contributed by atoms with Crippen LogP contribution in [0.4, 0.5) is 4.79 Å². The number of ether oxygens (including phenoxy) is 3. The zero-order valence-electron chi connectivity index (χ0n) is 15.7. The standard InChI is InChI=1S/C19H20BrNO6S/c1-5-7-27-16-13(20)8-12(9-14(16)25-4)10-15-17(22)21(19(24)28-15)11(3)18(23)26-6-2/h5,8-11H,1,6-7H2,2-4H3. The molecule has 2 amide bonds. The van der Waals surface area contributed by atoms with Crippen LogP contribution in [0.25, 0.3) is 6.08 Å². The van der Waals surface area contributed by atoms with Crippen LogP contribution in [-0.4, -0.2) is 48.4 Å². The van der Waals surface area contributed by atoms with Crippen molar-refractivity contribution in [2.24, 2.45) is 0 Å². The molecular weight excluding hydrogens is 450 g/mol. The Bertz CT molecular complexity index is 838. The maximum atomic E-state index is 12.6. The van der Waals surface area contributed by atoms with E-state index in [1.807, 2.05) is 0 Å². The van der Waals surface area contributed by atoms with Gasteiger partial charge in [0.25, 0.3) is 11.1 Å². The first-order valence-corrected chi connectivity index (χ1v) is 9.99. The van der Waals surface area contributed by atoms with Gasteiger partial charge in [-0.2, -0.15) is 0 Å². The fourth-order valence-electron chi connectivity index (χ4n) is 2.44. The van der Waals surface area contributed by atoms with Crippen molar-refractivity contribution < 1.29 is 28.6 Å². The second-order valence-electron chi connectivity index (χ2n) is 5.61. The summed E-state index contributed by atoms with van der Waals surface area (Å²) in [5.41, 5.74) is 0.629. The molecular formula is C19H20BrNO6S. The minimum atomic E-state index is -0.991. The molecule has 2 rings (SSSR count). The van der Waals surface area contributed by atoms with E-state index in [0.29, 0.717) is 28.1 Å². The predicted molar refractivity (Wildman–Crippen MR) is 110 cm³/mol. The molecule has 0 aromatic heterocycles. The smallest absolute Gasteiger partial charge is 0.329 e. The molecule has 0 N–H and O–H groups in total. The zero-order valence-corrected chi connectivity index (χ0v) is 18.1. The molecule has 1 aromatic rings. The van der Waals surface area contributed by atoms with Crippen molar-refractivity contribution >= 4 is 50.9 Å². The van der Waals surface area contributed by atoms with Gasteiger partial charge in [-0.05, 0) is 65.3 Å². The molecule has 0 radical (unpaired) electrons. The molecule has 1 aromatic carbocycles. The van der Waals surface area contributed by atoms with Crippen molar-refractivity contribution in [3.05, 3.63) is 39.7 Å². The number of carbonyl (C=O) groups is 3. The number of nitrogens with zero attached hydrogens (tertiary/aromatic N) is 1.